The fourth-order valence-corrected chi connectivity index (χ4v) is 2.59. The van der Waals surface area contributed by atoms with E-state index >= 15 is 0 Å². The van der Waals surface area contributed by atoms with E-state index in [0.29, 0.717) is 10.7 Å². The second kappa shape index (κ2) is 7.45. The van der Waals surface area contributed by atoms with Crippen LogP contribution in [0.4, 0.5) is 11.5 Å². The first kappa shape index (κ1) is 16.6. The summed E-state index contributed by atoms with van der Waals surface area (Å²) >= 11 is 6.95. The van der Waals surface area contributed by atoms with Gasteiger partial charge in [-0.2, -0.15) is 10.5 Å². The number of nitrogens with zero attached hydrogens (tertiary/aromatic N) is 3. The average Bonchev–Trinajstić information content (AvgIpc) is 2.55. The largest absolute Gasteiger partial charge is 0.323 e. The number of halogens is 1. The van der Waals surface area contributed by atoms with Gasteiger partial charge in [-0.3, -0.25) is 10.5 Å². The maximum Gasteiger partial charge on any atom is 0.289 e. The number of hydrogen-bond acceptors (Lipinski definition) is 6. The fraction of sp³-hybridized carbons (Fsp3) is 0.0714. The minimum absolute atomic E-state index is 0.0295. The number of carbonyl (C=O) groups excluding carboxylic acids is 1. The van der Waals surface area contributed by atoms with Gasteiger partial charge in [0.05, 0.1) is 11.4 Å². The Morgan fingerprint density at radius 1 is 1.43 bits per heavy atom. The van der Waals surface area contributed by atoms with Gasteiger partial charge in [0.25, 0.3) is 5.82 Å². The van der Waals surface area contributed by atoms with Crippen molar-refractivity contribution < 1.29 is 9.78 Å². The van der Waals surface area contributed by atoms with Crippen LogP contribution in [0.2, 0.25) is 5.15 Å². The van der Waals surface area contributed by atoms with E-state index in [1.165, 1.54) is 12.3 Å². The van der Waals surface area contributed by atoms with Crippen LogP contribution in [0.5, 0.6) is 0 Å². The molecule has 0 spiro atoms. The molecule has 9 heteroatoms. The summed E-state index contributed by atoms with van der Waals surface area (Å²) in [6.07, 6.45) is 1.51. The van der Waals surface area contributed by atoms with Crippen LogP contribution in [0.25, 0.3) is 0 Å². The molecule has 0 aliphatic heterocycles. The van der Waals surface area contributed by atoms with Gasteiger partial charge in [-0.15, -0.1) is 0 Å². The minimum Gasteiger partial charge on any atom is -0.323 e. The van der Waals surface area contributed by atoms with Gasteiger partial charge in [0.2, 0.25) is 5.91 Å². The van der Waals surface area contributed by atoms with E-state index in [2.05, 4.69) is 15.3 Å². The van der Waals surface area contributed by atoms with Crippen LogP contribution in [0.1, 0.15) is 11.1 Å². The third-order valence-corrected chi connectivity index (χ3v) is 4.01. The summed E-state index contributed by atoms with van der Waals surface area (Å²) in [6, 6.07) is 8.50. The molecule has 2 aromatic rings. The van der Waals surface area contributed by atoms with Crippen LogP contribution in [-0.4, -0.2) is 16.6 Å². The molecule has 7 nitrogen and oxygen atoms in total. The Morgan fingerprint density at radius 3 is 2.83 bits per heavy atom. The predicted molar refractivity (Wildman–Crippen MR) is 85.4 cm³/mol. The fourth-order valence-electron chi connectivity index (χ4n) is 1.64. The Labute approximate surface area is 141 Å². The molecule has 0 aromatic carbocycles. The lowest BCUT2D eigenvalue weighted by molar-refractivity contribution is -0.410. The van der Waals surface area contributed by atoms with E-state index in [9.17, 15) is 4.79 Å². The molecule has 0 aliphatic carbocycles. The number of aromatic amines is 1. The van der Waals surface area contributed by atoms with Gasteiger partial charge in [0.1, 0.15) is 23.3 Å². The number of anilines is 2. The van der Waals surface area contributed by atoms with Crippen molar-refractivity contribution in [2.24, 2.45) is 0 Å². The normalized spacial score (nSPS) is 9.70. The van der Waals surface area contributed by atoms with Crippen LogP contribution in [0.3, 0.4) is 0 Å². The molecule has 0 saturated heterocycles. The monoisotopic (exact) mass is 345 g/mol. The topological polar surface area (TPSA) is 130 Å². The Morgan fingerprint density at radius 2 is 2.17 bits per heavy atom. The number of carbonyl (C=O) groups is 1. The van der Waals surface area contributed by atoms with Crippen molar-refractivity contribution in [2.45, 2.75) is 5.03 Å². The molecule has 2 heterocycles. The molecular formula is C14H10ClN6OS+. The summed E-state index contributed by atoms with van der Waals surface area (Å²) in [5, 5.41) is 21.2. The summed E-state index contributed by atoms with van der Waals surface area (Å²) in [7, 11) is 0. The van der Waals surface area contributed by atoms with Gasteiger partial charge in [-0.25, -0.2) is 9.97 Å². The molecule has 0 atom stereocenters. The van der Waals surface area contributed by atoms with Gasteiger partial charge in [-0.05, 0) is 18.2 Å². The molecule has 0 fully saturated rings. The number of nitrogen functional groups attached to an aromatic ring is 1. The van der Waals surface area contributed by atoms with Crippen LogP contribution >= 0.6 is 23.4 Å². The van der Waals surface area contributed by atoms with E-state index in [0.717, 1.165) is 11.8 Å². The maximum absolute atomic E-state index is 11.9. The van der Waals surface area contributed by atoms with Gasteiger partial charge in [0, 0.05) is 6.20 Å². The van der Waals surface area contributed by atoms with Crippen molar-refractivity contribution in [3.05, 3.63) is 40.7 Å². The molecule has 23 heavy (non-hydrogen) atoms. The van der Waals surface area contributed by atoms with E-state index in [4.69, 9.17) is 27.9 Å². The number of amides is 1. The van der Waals surface area contributed by atoms with Crippen LogP contribution in [-0.2, 0) is 4.79 Å². The summed E-state index contributed by atoms with van der Waals surface area (Å²) in [5.41, 5.74) is 6.51. The number of H-pyrrole nitrogens is 1. The van der Waals surface area contributed by atoms with Crippen molar-refractivity contribution in [1.82, 2.24) is 4.98 Å². The smallest absolute Gasteiger partial charge is 0.289 e. The third kappa shape index (κ3) is 4.10. The number of hydrogen-bond donors (Lipinski definition) is 2. The maximum atomic E-state index is 11.9. The number of rotatable bonds is 4. The molecule has 0 saturated carbocycles. The van der Waals surface area contributed by atoms with E-state index in [1.54, 1.807) is 12.1 Å². The highest BCUT2D eigenvalue weighted by Crippen LogP contribution is 2.22. The average molecular weight is 346 g/mol. The van der Waals surface area contributed by atoms with E-state index in [-0.39, 0.29) is 33.8 Å². The third-order valence-electron chi connectivity index (χ3n) is 2.69. The van der Waals surface area contributed by atoms with E-state index in [1.807, 2.05) is 12.1 Å². The molecule has 0 radical (unpaired) electrons. The van der Waals surface area contributed by atoms with Gasteiger partial charge in [0.15, 0.2) is 10.2 Å². The highest BCUT2D eigenvalue weighted by Gasteiger charge is 2.16. The Hall–Kier alpha value is -2.81. The van der Waals surface area contributed by atoms with Crippen molar-refractivity contribution in [3.63, 3.8) is 0 Å². The lowest BCUT2D eigenvalue weighted by Crippen LogP contribution is -2.19. The molecule has 1 amide bonds. The van der Waals surface area contributed by atoms with Crippen molar-refractivity contribution in [2.75, 3.05) is 16.8 Å². The SMILES string of the molecule is N#Cc1cc(C#N)c(SCC(=O)Nc2cccnc2Cl)[nH+]c1N. The minimum atomic E-state index is -0.315. The molecular weight excluding hydrogens is 336 g/mol. The second-order valence-corrected chi connectivity index (χ2v) is 5.59. The van der Waals surface area contributed by atoms with Crippen LogP contribution in [0, 0.1) is 22.7 Å². The van der Waals surface area contributed by atoms with Gasteiger partial charge < -0.3 is 5.32 Å². The number of thioether (sulfide) groups is 1. The first-order valence-electron chi connectivity index (χ1n) is 6.24. The first-order chi connectivity index (χ1) is 11.0. The van der Waals surface area contributed by atoms with Gasteiger partial charge in [-0.1, -0.05) is 23.4 Å². The van der Waals surface area contributed by atoms with Crippen LogP contribution in [0.15, 0.2) is 29.4 Å². The Balaban J connectivity index is 2.08. The summed E-state index contributed by atoms with van der Waals surface area (Å²) in [4.78, 5) is 18.6. The molecule has 0 aliphatic rings. The Bertz CT molecular complexity index is 842. The molecule has 0 unspecified atom stereocenters. The van der Waals surface area contributed by atoms with Crippen molar-refractivity contribution in [3.8, 4) is 12.1 Å². The number of nitrogens with two attached hydrogens (primary N) is 1. The standard InChI is InChI=1S/C14H9ClN6OS/c15-12-10(2-1-3-19-12)20-11(22)7-23-14-9(6-17)4-8(5-16)13(18)21-14/h1-4H,7H2,(H2,18,21)(H,20,22)/p+1. The zero-order valence-corrected chi connectivity index (χ0v) is 13.2. The zero-order chi connectivity index (χ0) is 16.8. The number of nitrogens with one attached hydrogen (secondary N) is 2. The highest BCUT2D eigenvalue weighted by atomic mass is 35.5. The quantitative estimate of drug-likeness (QED) is 0.639. The second-order valence-electron chi connectivity index (χ2n) is 4.24. The van der Waals surface area contributed by atoms with Crippen molar-refractivity contribution >= 4 is 40.8 Å². The summed E-state index contributed by atoms with van der Waals surface area (Å²) in [6.45, 7) is 0. The van der Waals surface area contributed by atoms with Gasteiger partial charge >= 0.3 is 0 Å². The Kier molecular flexibility index (Phi) is 5.36. The summed E-state index contributed by atoms with van der Waals surface area (Å²) in [5.74, 6) is -0.142. The summed E-state index contributed by atoms with van der Waals surface area (Å²) < 4.78 is 0. The lowest BCUT2D eigenvalue weighted by Gasteiger charge is -2.06. The number of pyridine rings is 2. The molecule has 2 rings (SSSR count). The molecule has 0 bridgehead atoms. The lowest BCUT2D eigenvalue weighted by atomic mass is 10.2. The number of aromatic nitrogens is 2. The predicted octanol–water partition coefficient (Wildman–Crippen LogP) is 1.61. The first-order valence-corrected chi connectivity index (χ1v) is 7.60. The molecule has 114 valence electrons. The van der Waals surface area contributed by atoms with Crippen molar-refractivity contribution in [1.29, 1.82) is 10.5 Å². The molecule has 4 N–H and O–H groups in total. The number of nitriles is 2. The molecule has 2 aromatic heterocycles. The van der Waals surface area contributed by atoms with E-state index < -0.39 is 0 Å². The highest BCUT2D eigenvalue weighted by molar-refractivity contribution is 7.99. The van der Waals surface area contributed by atoms with Crippen LogP contribution < -0.4 is 16.0 Å². The zero-order valence-electron chi connectivity index (χ0n) is 11.6.